The largest absolute Gasteiger partial charge is 0.433 e. The predicted octanol–water partition coefficient (Wildman–Crippen LogP) is 0.469. The molecule has 2 rings (SSSR count). The number of furan rings is 1. The topological polar surface area (TPSA) is 104 Å². The van der Waals surface area contributed by atoms with Gasteiger partial charge in [0.2, 0.25) is 0 Å². The number of carbonyl (C=O) groups excluding carboxylic acids is 1. The molecule has 0 N–H and O–H groups in total. The van der Waals surface area contributed by atoms with Crippen LogP contribution in [0.4, 0.5) is 5.88 Å². The van der Waals surface area contributed by atoms with Gasteiger partial charge in [-0.25, -0.2) is 0 Å². The summed E-state index contributed by atoms with van der Waals surface area (Å²) in [6, 6.07) is 4.53. The molecule has 0 atom stereocenters. The molecule has 0 saturated carbocycles. The zero-order chi connectivity index (χ0) is 13.8. The number of nitro groups is 1. The summed E-state index contributed by atoms with van der Waals surface area (Å²) in [5, 5.41) is 19.1. The fourth-order valence-corrected chi connectivity index (χ4v) is 1.91. The van der Waals surface area contributed by atoms with Gasteiger partial charge in [0, 0.05) is 26.2 Å². The lowest BCUT2D eigenvalue weighted by Crippen LogP contribution is -2.48. The van der Waals surface area contributed by atoms with Gasteiger partial charge in [-0.2, -0.15) is 5.26 Å². The summed E-state index contributed by atoms with van der Waals surface area (Å²) in [5.41, 5.74) is 0. The van der Waals surface area contributed by atoms with E-state index in [0.717, 1.165) is 0 Å². The van der Waals surface area contributed by atoms with Crippen molar-refractivity contribution < 1.29 is 14.1 Å². The summed E-state index contributed by atoms with van der Waals surface area (Å²) in [6.45, 7) is 2.53. The number of amides is 1. The Bertz CT molecular complexity index is 525. The van der Waals surface area contributed by atoms with Crippen LogP contribution >= 0.6 is 0 Å². The van der Waals surface area contributed by atoms with E-state index in [1.165, 1.54) is 12.1 Å². The van der Waals surface area contributed by atoms with Gasteiger partial charge in [-0.1, -0.05) is 0 Å². The van der Waals surface area contributed by atoms with Gasteiger partial charge < -0.3 is 9.32 Å². The quantitative estimate of drug-likeness (QED) is 0.446. The number of hydrogen-bond donors (Lipinski definition) is 0. The van der Waals surface area contributed by atoms with E-state index in [1.807, 2.05) is 4.90 Å². The molecule has 8 nitrogen and oxygen atoms in total. The Balaban J connectivity index is 1.97. The highest BCUT2D eigenvalue weighted by Crippen LogP contribution is 2.17. The van der Waals surface area contributed by atoms with Crippen molar-refractivity contribution in [2.45, 2.75) is 0 Å². The molecule has 0 aromatic carbocycles. The first-order valence-electron chi connectivity index (χ1n) is 5.74. The van der Waals surface area contributed by atoms with Crippen molar-refractivity contribution in [2.24, 2.45) is 0 Å². The molecule has 0 spiro atoms. The lowest BCUT2D eigenvalue weighted by molar-refractivity contribution is -0.402. The molecule has 1 aromatic heterocycles. The van der Waals surface area contributed by atoms with Crippen molar-refractivity contribution in [2.75, 3.05) is 32.7 Å². The van der Waals surface area contributed by atoms with Crippen molar-refractivity contribution in [3.8, 4) is 6.07 Å². The summed E-state index contributed by atoms with van der Waals surface area (Å²) in [4.78, 5) is 25.3. The highest BCUT2D eigenvalue weighted by atomic mass is 16.6. The Morgan fingerprint density at radius 2 is 2.11 bits per heavy atom. The van der Waals surface area contributed by atoms with E-state index in [9.17, 15) is 14.9 Å². The van der Waals surface area contributed by atoms with Gasteiger partial charge >= 0.3 is 5.88 Å². The summed E-state index contributed by atoms with van der Waals surface area (Å²) >= 11 is 0. The van der Waals surface area contributed by atoms with Crippen LogP contribution < -0.4 is 0 Å². The number of hydrogen-bond acceptors (Lipinski definition) is 6. The summed E-state index contributed by atoms with van der Waals surface area (Å²) < 4.78 is 4.88. The van der Waals surface area contributed by atoms with E-state index in [-0.39, 0.29) is 11.7 Å². The van der Waals surface area contributed by atoms with Crippen molar-refractivity contribution in [1.82, 2.24) is 9.80 Å². The molecule has 1 saturated heterocycles. The normalized spacial score (nSPS) is 16.1. The molecule has 19 heavy (non-hydrogen) atoms. The molecule has 2 heterocycles. The van der Waals surface area contributed by atoms with Crippen LogP contribution in [-0.2, 0) is 0 Å². The van der Waals surface area contributed by atoms with Crippen LogP contribution in [0.1, 0.15) is 10.6 Å². The van der Waals surface area contributed by atoms with Gasteiger partial charge in [0.25, 0.3) is 5.91 Å². The minimum atomic E-state index is -0.679. The van der Waals surface area contributed by atoms with Crippen molar-refractivity contribution in [1.29, 1.82) is 5.26 Å². The zero-order valence-corrected chi connectivity index (χ0v) is 10.1. The maximum Gasteiger partial charge on any atom is 0.433 e. The molecule has 1 fully saturated rings. The second kappa shape index (κ2) is 5.49. The SMILES string of the molecule is N#CCN1CCN(C(=O)c2ccc([N+](=O)[O-])o2)CC1. The van der Waals surface area contributed by atoms with Gasteiger partial charge in [-0.3, -0.25) is 19.8 Å². The van der Waals surface area contributed by atoms with Gasteiger partial charge in [0.1, 0.15) is 4.92 Å². The summed E-state index contributed by atoms with van der Waals surface area (Å²) in [5.74, 6) is -0.823. The van der Waals surface area contributed by atoms with Gasteiger partial charge in [0.05, 0.1) is 18.7 Å². The highest BCUT2D eigenvalue weighted by molar-refractivity contribution is 5.91. The van der Waals surface area contributed by atoms with Gasteiger partial charge in [0.15, 0.2) is 5.76 Å². The maximum absolute atomic E-state index is 12.0. The number of nitriles is 1. The van der Waals surface area contributed by atoms with Gasteiger partial charge in [-0.05, 0) is 6.07 Å². The minimum absolute atomic E-state index is 0.0274. The molecule has 0 aliphatic carbocycles. The maximum atomic E-state index is 12.0. The molecule has 0 bridgehead atoms. The molecular formula is C11H12N4O4. The second-order valence-electron chi connectivity index (χ2n) is 4.12. The number of rotatable bonds is 3. The van der Waals surface area contributed by atoms with Crippen LogP contribution in [0.5, 0.6) is 0 Å². The third kappa shape index (κ3) is 2.89. The fraction of sp³-hybridized carbons (Fsp3) is 0.455. The summed E-state index contributed by atoms with van der Waals surface area (Å²) in [7, 11) is 0. The monoisotopic (exact) mass is 264 g/mol. The Morgan fingerprint density at radius 3 is 2.63 bits per heavy atom. The first kappa shape index (κ1) is 13.0. The lowest BCUT2D eigenvalue weighted by Gasteiger charge is -2.32. The Hall–Kier alpha value is -2.40. The molecule has 8 heteroatoms. The van der Waals surface area contributed by atoms with E-state index in [0.29, 0.717) is 32.7 Å². The average molecular weight is 264 g/mol. The van der Waals surface area contributed by atoms with Crippen molar-refractivity contribution in [3.05, 3.63) is 28.0 Å². The number of carbonyl (C=O) groups is 1. The van der Waals surface area contributed by atoms with E-state index in [2.05, 4.69) is 6.07 Å². The van der Waals surface area contributed by atoms with Crippen LogP contribution in [0.3, 0.4) is 0 Å². The first-order chi connectivity index (χ1) is 9.11. The van der Waals surface area contributed by atoms with Crippen LogP contribution in [0, 0.1) is 21.4 Å². The standard InChI is InChI=1S/C11H12N4O4/c12-3-4-13-5-7-14(8-6-13)11(16)9-1-2-10(19-9)15(17)18/h1-2H,4-8H2. The van der Waals surface area contributed by atoms with Crippen LogP contribution in [0.25, 0.3) is 0 Å². The van der Waals surface area contributed by atoms with Crippen LogP contribution in [0.15, 0.2) is 16.5 Å². The molecule has 0 radical (unpaired) electrons. The second-order valence-corrected chi connectivity index (χ2v) is 4.12. The first-order valence-corrected chi connectivity index (χ1v) is 5.74. The third-order valence-corrected chi connectivity index (χ3v) is 2.94. The average Bonchev–Trinajstić information content (AvgIpc) is 2.89. The third-order valence-electron chi connectivity index (χ3n) is 2.94. The Kier molecular flexibility index (Phi) is 3.77. The predicted molar refractivity (Wildman–Crippen MR) is 63.3 cm³/mol. The molecule has 1 aliphatic rings. The molecule has 100 valence electrons. The summed E-state index contributed by atoms with van der Waals surface area (Å²) in [6.07, 6.45) is 0. The molecule has 0 unspecified atom stereocenters. The van der Waals surface area contributed by atoms with Crippen molar-refractivity contribution >= 4 is 11.8 Å². The molecular weight excluding hydrogens is 252 g/mol. The van der Waals surface area contributed by atoms with Crippen LogP contribution in [0.2, 0.25) is 0 Å². The lowest BCUT2D eigenvalue weighted by atomic mass is 10.3. The number of nitrogens with zero attached hydrogens (tertiary/aromatic N) is 4. The smallest absolute Gasteiger partial charge is 0.395 e. The van der Waals surface area contributed by atoms with E-state index in [1.54, 1.807) is 4.90 Å². The molecule has 1 aromatic rings. The van der Waals surface area contributed by atoms with Crippen LogP contribution in [-0.4, -0.2) is 53.4 Å². The van der Waals surface area contributed by atoms with E-state index < -0.39 is 10.8 Å². The molecule has 1 amide bonds. The highest BCUT2D eigenvalue weighted by Gasteiger charge is 2.25. The zero-order valence-electron chi connectivity index (χ0n) is 10.1. The Morgan fingerprint density at radius 1 is 1.42 bits per heavy atom. The minimum Gasteiger partial charge on any atom is -0.395 e. The Labute approximate surface area is 109 Å². The van der Waals surface area contributed by atoms with Gasteiger partial charge in [-0.15, -0.1) is 0 Å². The number of piperazine rings is 1. The molecule has 1 aliphatic heterocycles. The van der Waals surface area contributed by atoms with Crippen molar-refractivity contribution in [3.63, 3.8) is 0 Å². The fourth-order valence-electron chi connectivity index (χ4n) is 1.91. The van der Waals surface area contributed by atoms with E-state index >= 15 is 0 Å². The van der Waals surface area contributed by atoms with E-state index in [4.69, 9.17) is 9.68 Å².